The van der Waals surface area contributed by atoms with Gasteiger partial charge in [-0.3, -0.25) is 10.1 Å². The van der Waals surface area contributed by atoms with Crippen molar-refractivity contribution in [3.8, 4) is 0 Å². The van der Waals surface area contributed by atoms with Gasteiger partial charge in [-0.2, -0.15) is 0 Å². The van der Waals surface area contributed by atoms with Crippen LogP contribution in [0.4, 0.5) is 11.4 Å². The highest BCUT2D eigenvalue weighted by Crippen LogP contribution is 2.47. The van der Waals surface area contributed by atoms with Gasteiger partial charge in [0, 0.05) is 17.9 Å². The predicted octanol–water partition coefficient (Wildman–Crippen LogP) is 2.13. The van der Waals surface area contributed by atoms with Gasteiger partial charge >= 0.3 is 5.97 Å². The number of benzene rings is 1. The van der Waals surface area contributed by atoms with Gasteiger partial charge < -0.3 is 10.4 Å². The predicted molar refractivity (Wildman–Crippen MR) is 68.1 cm³/mol. The third-order valence-electron chi connectivity index (χ3n) is 3.84. The summed E-state index contributed by atoms with van der Waals surface area (Å²) < 4.78 is 0. The fourth-order valence-corrected chi connectivity index (χ4v) is 3.00. The molecule has 0 bridgehead atoms. The van der Waals surface area contributed by atoms with Crippen molar-refractivity contribution in [1.82, 2.24) is 0 Å². The van der Waals surface area contributed by atoms with E-state index in [1.165, 1.54) is 6.07 Å². The van der Waals surface area contributed by atoms with E-state index in [2.05, 4.69) is 5.32 Å². The second-order valence-corrected chi connectivity index (χ2v) is 4.81. The maximum atomic E-state index is 11.3. The summed E-state index contributed by atoms with van der Waals surface area (Å²) in [5, 5.41) is 23.2. The van der Waals surface area contributed by atoms with Crippen molar-refractivity contribution in [3.05, 3.63) is 46.0 Å². The lowest BCUT2D eigenvalue weighted by Crippen LogP contribution is -2.42. The van der Waals surface area contributed by atoms with Crippen LogP contribution in [0.15, 0.2) is 30.4 Å². The normalized spacial score (nSPS) is 27.3. The summed E-state index contributed by atoms with van der Waals surface area (Å²) in [6.45, 7) is 0. The lowest BCUT2D eigenvalue weighted by atomic mass is 9.79. The lowest BCUT2D eigenvalue weighted by molar-refractivity contribution is -0.384. The van der Waals surface area contributed by atoms with Gasteiger partial charge in [-0.25, -0.2) is 4.79 Å². The largest absolute Gasteiger partial charge is 0.480 e. The Labute approximate surface area is 108 Å². The number of aliphatic carboxylic acids is 1. The molecular formula is C13H12N2O4. The van der Waals surface area contributed by atoms with Gasteiger partial charge in [0.1, 0.15) is 11.7 Å². The number of nitrogens with zero attached hydrogens (tertiary/aromatic N) is 1. The molecule has 2 N–H and O–H groups in total. The van der Waals surface area contributed by atoms with E-state index < -0.39 is 16.9 Å². The van der Waals surface area contributed by atoms with Crippen molar-refractivity contribution < 1.29 is 14.8 Å². The Hall–Kier alpha value is -2.37. The molecule has 3 atom stereocenters. The number of nitro groups is 1. The van der Waals surface area contributed by atoms with Crippen LogP contribution in [0.5, 0.6) is 0 Å². The number of carboxylic acid groups (broad SMARTS) is 1. The van der Waals surface area contributed by atoms with E-state index in [1.807, 2.05) is 18.2 Å². The number of rotatable bonds is 2. The highest BCUT2D eigenvalue weighted by Gasteiger charge is 2.42. The number of anilines is 1. The van der Waals surface area contributed by atoms with Crippen molar-refractivity contribution in [2.75, 3.05) is 5.32 Å². The molecule has 98 valence electrons. The second-order valence-electron chi connectivity index (χ2n) is 4.81. The highest BCUT2D eigenvalue weighted by atomic mass is 16.6. The minimum atomic E-state index is -0.970. The number of nitrogens with one attached hydrogen (secondary N) is 1. The first-order valence-corrected chi connectivity index (χ1v) is 6.03. The summed E-state index contributed by atoms with van der Waals surface area (Å²) >= 11 is 0. The molecule has 6 heteroatoms. The number of carbonyl (C=O) groups is 1. The Morgan fingerprint density at radius 2 is 2.26 bits per heavy atom. The van der Waals surface area contributed by atoms with Crippen LogP contribution in [0.2, 0.25) is 0 Å². The molecule has 0 saturated heterocycles. The molecule has 2 aliphatic rings. The zero-order valence-electron chi connectivity index (χ0n) is 9.95. The van der Waals surface area contributed by atoms with Crippen LogP contribution in [0.25, 0.3) is 0 Å². The van der Waals surface area contributed by atoms with Crippen LogP contribution in [-0.4, -0.2) is 22.0 Å². The molecule has 0 amide bonds. The molecule has 1 aromatic rings. The number of fused-ring (bicyclic) bond motifs is 3. The van der Waals surface area contributed by atoms with Crippen LogP contribution < -0.4 is 5.32 Å². The SMILES string of the molecule is O=C(O)[C@@H]1Nc2c(cccc2[N+](=O)[O-])[C@@H]2C=CC[C@H]12. The third kappa shape index (κ3) is 1.68. The summed E-state index contributed by atoms with van der Waals surface area (Å²) in [7, 11) is 0. The Morgan fingerprint density at radius 3 is 2.95 bits per heavy atom. The van der Waals surface area contributed by atoms with E-state index in [1.54, 1.807) is 6.07 Å². The number of nitro benzene ring substituents is 1. The van der Waals surface area contributed by atoms with Gasteiger partial charge in [-0.1, -0.05) is 24.3 Å². The average molecular weight is 260 g/mol. The van der Waals surface area contributed by atoms with E-state index >= 15 is 0 Å². The monoisotopic (exact) mass is 260 g/mol. The molecule has 1 aliphatic carbocycles. The summed E-state index contributed by atoms with van der Waals surface area (Å²) in [5.41, 5.74) is 1.08. The molecule has 6 nitrogen and oxygen atoms in total. The maximum Gasteiger partial charge on any atom is 0.326 e. The zero-order valence-corrected chi connectivity index (χ0v) is 9.95. The van der Waals surface area contributed by atoms with Crippen LogP contribution in [0, 0.1) is 16.0 Å². The van der Waals surface area contributed by atoms with Gasteiger partial charge in [0.25, 0.3) is 5.69 Å². The molecule has 0 saturated carbocycles. The van der Waals surface area contributed by atoms with E-state index in [0.717, 1.165) is 5.56 Å². The van der Waals surface area contributed by atoms with Crippen molar-refractivity contribution in [3.63, 3.8) is 0 Å². The average Bonchev–Trinajstić information content (AvgIpc) is 2.85. The molecule has 0 aromatic heterocycles. The highest BCUT2D eigenvalue weighted by molar-refractivity contribution is 5.83. The Morgan fingerprint density at radius 1 is 1.47 bits per heavy atom. The van der Waals surface area contributed by atoms with E-state index in [9.17, 15) is 20.0 Å². The standard InChI is InChI=1S/C13H12N2O4/c16-13(17)12-9-4-1-3-7(9)8-5-2-6-10(15(18)19)11(8)14-12/h1-3,5-7,9,12,14H,4H2,(H,16,17)/t7-,9-,12+/m0/s1. The van der Waals surface area contributed by atoms with Crippen molar-refractivity contribution >= 4 is 17.3 Å². The second kappa shape index (κ2) is 4.08. The molecule has 0 unspecified atom stereocenters. The summed E-state index contributed by atoms with van der Waals surface area (Å²) in [4.78, 5) is 21.9. The number of hydrogen-bond acceptors (Lipinski definition) is 4. The first-order chi connectivity index (χ1) is 9.09. The summed E-state index contributed by atoms with van der Waals surface area (Å²) in [6.07, 6.45) is 4.57. The van der Waals surface area contributed by atoms with Crippen LogP contribution in [-0.2, 0) is 4.79 Å². The van der Waals surface area contributed by atoms with Gasteiger partial charge in [0.15, 0.2) is 0 Å². The third-order valence-corrected chi connectivity index (χ3v) is 3.84. The zero-order chi connectivity index (χ0) is 13.6. The molecule has 1 aromatic carbocycles. The lowest BCUT2D eigenvalue weighted by Gasteiger charge is -2.34. The molecule has 19 heavy (non-hydrogen) atoms. The smallest absolute Gasteiger partial charge is 0.326 e. The number of allylic oxidation sites excluding steroid dienone is 2. The van der Waals surface area contributed by atoms with E-state index in [4.69, 9.17) is 0 Å². The maximum absolute atomic E-state index is 11.3. The number of carboxylic acids is 1. The van der Waals surface area contributed by atoms with Crippen molar-refractivity contribution in [2.24, 2.45) is 5.92 Å². The van der Waals surface area contributed by atoms with Crippen LogP contribution in [0.1, 0.15) is 17.9 Å². The Kier molecular flexibility index (Phi) is 2.51. The fourth-order valence-electron chi connectivity index (χ4n) is 3.00. The Balaban J connectivity index is 2.15. The van der Waals surface area contributed by atoms with Crippen molar-refractivity contribution in [2.45, 2.75) is 18.4 Å². The van der Waals surface area contributed by atoms with Crippen LogP contribution >= 0.6 is 0 Å². The number of para-hydroxylation sites is 1. The quantitative estimate of drug-likeness (QED) is 0.482. The van der Waals surface area contributed by atoms with Crippen LogP contribution in [0.3, 0.4) is 0 Å². The summed E-state index contributed by atoms with van der Waals surface area (Å²) in [5.74, 6) is -1.10. The molecule has 0 fully saturated rings. The first-order valence-electron chi connectivity index (χ1n) is 6.03. The minimum absolute atomic E-state index is 0.0581. The molecule has 3 rings (SSSR count). The van der Waals surface area contributed by atoms with E-state index in [-0.39, 0.29) is 17.5 Å². The number of hydrogen-bond donors (Lipinski definition) is 2. The fraction of sp³-hybridized carbons (Fsp3) is 0.308. The molecule has 0 radical (unpaired) electrons. The Bertz CT molecular complexity index is 596. The minimum Gasteiger partial charge on any atom is -0.480 e. The van der Waals surface area contributed by atoms with Gasteiger partial charge in [0.05, 0.1) is 4.92 Å². The molecular weight excluding hydrogens is 248 g/mol. The molecule has 0 spiro atoms. The van der Waals surface area contributed by atoms with Gasteiger partial charge in [0.2, 0.25) is 0 Å². The van der Waals surface area contributed by atoms with Gasteiger partial charge in [-0.15, -0.1) is 0 Å². The summed E-state index contributed by atoms with van der Waals surface area (Å²) in [6, 6.07) is 4.07. The van der Waals surface area contributed by atoms with E-state index in [0.29, 0.717) is 12.1 Å². The topological polar surface area (TPSA) is 92.5 Å². The first kappa shape index (κ1) is 11.7. The van der Waals surface area contributed by atoms with Crippen molar-refractivity contribution in [1.29, 1.82) is 0 Å². The molecule has 1 heterocycles. The molecule has 1 aliphatic heterocycles. The van der Waals surface area contributed by atoms with Gasteiger partial charge in [-0.05, 0) is 12.0 Å².